The molecule has 0 fully saturated rings. The number of anilines is 2. The minimum Gasteiger partial charge on any atom is -0.478 e. The Morgan fingerprint density at radius 3 is 2.40 bits per heavy atom. The standard InChI is InChI=1S/C11H14N2O2/c1-13(2)10-5-3-9(4-6-10)12-8-7-11(14)15/h3-8,12H,1-2H3,(H,14,15)/b8-7+. The zero-order valence-corrected chi connectivity index (χ0v) is 8.77. The lowest BCUT2D eigenvalue weighted by molar-refractivity contribution is -0.131. The first-order valence-corrected chi connectivity index (χ1v) is 4.53. The molecular weight excluding hydrogens is 192 g/mol. The minimum absolute atomic E-state index is 0.859. The molecule has 1 aromatic rings. The highest BCUT2D eigenvalue weighted by Gasteiger charge is 1.94. The van der Waals surface area contributed by atoms with Crippen LogP contribution in [-0.4, -0.2) is 25.2 Å². The Labute approximate surface area is 88.8 Å². The van der Waals surface area contributed by atoms with Crippen LogP contribution in [0.4, 0.5) is 11.4 Å². The van der Waals surface area contributed by atoms with E-state index in [9.17, 15) is 4.79 Å². The van der Waals surface area contributed by atoms with Crippen molar-refractivity contribution in [1.29, 1.82) is 0 Å². The summed E-state index contributed by atoms with van der Waals surface area (Å²) in [5.41, 5.74) is 1.96. The molecule has 80 valence electrons. The predicted octanol–water partition coefficient (Wildman–Crippen LogP) is 1.76. The van der Waals surface area contributed by atoms with Crippen molar-refractivity contribution in [2.24, 2.45) is 0 Å². The van der Waals surface area contributed by atoms with Crippen LogP contribution in [-0.2, 0) is 4.79 Å². The summed E-state index contributed by atoms with van der Waals surface area (Å²) in [5.74, 6) is -0.965. The highest BCUT2D eigenvalue weighted by atomic mass is 16.4. The molecule has 1 rings (SSSR count). The van der Waals surface area contributed by atoms with Gasteiger partial charge in [-0.15, -0.1) is 0 Å². The van der Waals surface area contributed by atoms with Gasteiger partial charge in [0, 0.05) is 37.7 Å². The summed E-state index contributed by atoms with van der Waals surface area (Å²) in [6.45, 7) is 0. The zero-order valence-electron chi connectivity index (χ0n) is 8.77. The van der Waals surface area contributed by atoms with Crippen LogP contribution in [0.3, 0.4) is 0 Å². The zero-order chi connectivity index (χ0) is 11.3. The molecule has 0 saturated carbocycles. The average Bonchev–Trinajstić information content (AvgIpc) is 2.18. The van der Waals surface area contributed by atoms with Crippen molar-refractivity contribution >= 4 is 17.3 Å². The van der Waals surface area contributed by atoms with E-state index in [0.29, 0.717) is 0 Å². The Hall–Kier alpha value is -1.97. The maximum Gasteiger partial charge on any atom is 0.329 e. The van der Waals surface area contributed by atoms with E-state index in [4.69, 9.17) is 5.11 Å². The summed E-state index contributed by atoms with van der Waals surface area (Å²) in [5, 5.41) is 11.2. The first-order chi connectivity index (χ1) is 7.09. The number of nitrogens with one attached hydrogen (secondary N) is 1. The van der Waals surface area contributed by atoms with E-state index in [-0.39, 0.29) is 0 Å². The van der Waals surface area contributed by atoms with E-state index >= 15 is 0 Å². The Morgan fingerprint density at radius 1 is 1.33 bits per heavy atom. The third-order valence-electron chi connectivity index (χ3n) is 1.86. The molecule has 0 amide bonds. The fourth-order valence-corrected chi connectivity index (χ4v) is 1.06. The highest BCUT2D eigenvalue weighted by molar-refractivity contribution is 5.80. The molecule has 0 aliphatic heterocycles. The molecule has 0 aliphatic rings. The summed E-state index contributed by atoms with van der Waals surface area (Å²) < 4.78 is 0. The molecule has 0 bridgehead atoms. The monoisotopic (exact) mass is 206 g/mol. The lowest BCUT2D eigenvalue weighted by Gasteiger charge is -2.12. The molecule has 1 aromatic carbocycles. The summed E-state index contributed by atoms with van der Waals surface area (Å²) in [6.07, 6.45) is 2.45. The van der Waals surface area contributed by atoms with Crippen LogP contribution < -0.4 is 10.2 Å². The number of hydrogen-bond donors (Lipinski definition) is 2. The molecule has 0 radical (unpaired) electrons. The van der Waals surface area contributed by atoms with E-state index in [0.717, 1.165) is 17.5 Å². The average molecular weight is 206 g/mol. The van der Waals surface area contributed by atoms with Crippen molar-refractivity contribution in [3.05, 3.63) is 36.5 Å². The largest absolute Gasteiger partial charge is 0.478 e. The SMILES string of the molecule is CN(C)c1ccc(N/C=C/C(=O)O)cc1. The fraction of sp³-hybridized carbons (Fsp3) is 0.182. The van der Waals surface area contributed by atoms with Crippen molar-refractivity contribution in [3.8, 4) is 0 Å². The van der Waals surface area contributed by atoms with Gasteiger partial charge in [-0.1, -0.05) is 0 Å². The van der Waals surface area contributed by atoms with E-state index < -0.39 is 5.97 Å². The third-order valence-corrected chi connectivity index (χ3v) is 1.86. The number of aliphatic carboxylic acids is 1. The van der Waals surface area contributed by atoms with Crippen LogP contribution in [0.1, 0.15) is 0 Å². The summed E-state index contributed by atoms with van der Waals surface area (Å²) >= 11 is 0. The Kier molecular flexibility index (Phi) is 3.74. The second kappa shape index (κ2) is 5.05. The van der Waals surface area contributed by atoms with Gasteiger partial charge in [0.25, 0.3) is 0 Å². The van der Waals surface area contributed by atoms with Crippen LogP contribution in [0.5, 0.6) is 0 Å². The van der Waals surface area contributed by atoms with Gasteiger partial charge < -0.3 is 15.3 Å². The Bertz CT molecular complexity index is 355. The summed E-state index contributed by atoms with van der Waals surface area (Å²) in [7, 11) is 3.93. The quantitative estimate of drug-likeness (QED) is 0.737. The molecule has 2 N–H and O–H groups in total. The van der Waals surface area contributed by atoms with Crippen molar-refractivity contribution < 1.29 is 9.90 Å². The topological polar surface area (TPSA) is 52.6 Å². The first kappa shape index (κ1) is 11.1. The molecule has 0 spiro atoms. The van der Waals surface area contributed by atoms with Crippen molar-refractivity contribution in [2.45, 2.75) is 0 Å². The van der Waals surface area contributed by atoms with Gasteiger partial charge in [-0.2, -0.15) is 0 Å². The second-order valence-corrected chi connectivity index (χ2v) is 3.26. The maximum atomic E-state index is 10.2. The van der Waals surface area contributed by atoms with Crippen LogP contribution in [0.25, 0.3) is 0 Å². The van der Waals surface area contributed by atoms with Gasteiger partial charge in [0.05, 0.1) is 0 Å². The lowest BCUT2D eigenvalue weighted by atomic mass is 10.2. The number of carboxylic acids is 1. The Balaban J connectivity index is 2.61. The molecule has 0 aromatic heterocycles. The van der Waals surface area contributed by atoms with Crippen LogP contribution in [0.2, 0.25) is 0 Å². The van der Waals surface area contributed by atoms with Crippen molar-refractivity contribution in [3.63, 3.8) is 0 Å². The molecule has 4 heteroatoms. The third kappa shape index (κ3) is 3.72. The number of hydrogen-bond acceptors (Lipinski definition) is 3. The first-order valence-electron chi connectivity index (χ1n) is 4.53. The molecule has 0 heterocycles. The van der Waals surface area contributed by atoms with Crippen LogP contribution in [0.15, 0.2) is 36.5 Å². The van der Waals surface area contributed by atoms with Gasteiger partial charge in [0.15, 0.2) is 0 Å². The van der Waals surface area contributed by atoms with Crippen LogP contribution >= 0.6 is 0 Å². The molecule has 0 atom stereocenters. The number of rotatable bonds is 4. The smallest absolute Gasteiger partial charge is 0.329 e. The van der Waals surface area contributed by atoms with E-state index in [1.54, 1.807) is 0 Å². The van der Waals surface area contributed by atoms with Gasteiger partial charge in [-0.25, -0.2) is 4.79 Å². The summed E-state index contributed by atoms with van der Waals surface area (Å²) in [6, 6.07) is 7.69. The van der Waals surface area contributed by atoms with Crippen molar-refractivity contribution in [1.82, 2.24) is 0 Å². The number of carbonyl (C=O) groups is 1. The second-order valence-electron chi connectivity index (χ2n) is 3.26. The van der Waals surface area contributed by atoms with Crippen molar-refractivity contribution in [2.75, 3.05) is 24.3 Å². The van der Waals surface area contributed by atoms with Gasteiger partial charge in [-0.3, -0.25) is 0 Å². The van der Waals surface area contributed by atoms with Crippen LogP contribution in [0, 0.1) is 0 Å². The minimum atomic E-state index is -0.965. The maximum absolute atomic E-state index is 10.2. The van der Waals surface area contributed by atoms with E-state index in [1.807, 2.05) is 43.3 Å². The normalized spacial score (nSPS) is 10.3. The lowest BCUT2D eigenvalue weighted by Crippen LogP contribution is -2.08. The van der Waals surface area contributed by atoms with Gasteiger partial charge in [0.2, 0.25) is 0 Å². The van der Waals surface area contributed by atoms with Gasteiger partial charge >= 0.3 is 5.97 Å². The molecular formula is C11H14N2O2. The number of benzene rings is 1. The number of nitrogens with zero attached hydrogens (tertiary/aromatic N) is 1. The summed E-state index contributed by atoms with van der Waals surface area (Å²) in [4.78, 5) is 12.2. The Morgan fingerprint density at radius 2 is 1.93 bits per heavy atom. The van der Waals surface area contributed by atoms with E-state index in [1.165, 1.54) is 6.20 Å². The van der Waals surface area contributed by atoms with Gasteiger partial charge in [0.1, 0.15) is 0 Å². The number of carboxylic acid groups (broad SMARTS) is 1. The molecule has 15 heavy (non-hydrogen) atoms. The molecule has 0 saturated heterocycles. The van der Waals surface area contributed by atoms with Gasteiger partial charge in [-0.05, 0) is 24.3 Å². The highest BCUT2D eigenvalue weighted by Crippen LogP contribution is 2.15. The molecule has 4 nitrogen and oxygen atoms in total. The predicted molar refractivity (Wildman–Crippen MR) is 61.2 cm³/mol. The fourth-order valence-electron chi connectivity index (χ4n) is 1.06. The molecule has 0 aliphatic carbocycles. The molecule has 0 unspecified atom stereocenters. The van der Waals surface area contributed by atoms with E-state index in [2.05, 4.69) is 5.32 Å².